The number of hydrogen-bond acceptors (Lipinski definition) is 4. The van der Waals surface area contributed by atoms with Crippen molar-refractivity contribution in [2.45, 2.75) is 6.04 Å². The molecule has 1 atom stereocenters. The molecule has 0 radical (unpaired) electrons. The summed E-state index contributed by atoms with van der Waals surface area (Å²) in [6.07, 6.45) is 0. The van der Waals surface area contributed by atoms with Crippen molar-refractivity contribution in [1.29, 1.82) is 0 Å². The Morgan fingerprint density at radius 3 is 2.70 bits per heavy atom. The molecule has 0 saturated heterocycles. The van der Waals surface area contributed by atoms with Crippen LogP contribution in [-0.2, 0) is 0 Å². The zero-order valence-electron chi connectivity index (χ0n) is 9.99. The average Bonchev–Trinajstić information content (AvgIpc) is 2.96. The van der Waals surface area contributed by atoms with Gasteiger partial charge >= 0.3 is 0 Å². The molecule has 0 bridgehead atoms. The number of fused-ring (bicyclic) bond motifs is 1. The summed E-state index contributed by atoms with van der Waals surface area (Å²) in [5.74, 6) is 5.83. The van der Waals surface area contributed by atoms with Crippen molar-refractivity contribution in [3.05, 3.63) is 55.0 Å². The lowest BCUT2D eigenvalue weighted by Crippen LogP contribution is -2.28. The molecule has 3 aromatic rings. The highest BCUT2D eigenvalue weighted by Gasteiger charge is 2.22. The average molecular weight is 420 g/mol. The lowest BCUT2D eigenvalue weighted by Gasteiger charge is -2.12. The van der Waals surface area contributed by atoms with Crippen LogP contribution in [0, 0.1) is 5.82 Å². The largest absolute Gasteiger partial charge is 0.456 e. The number of hydrazine groups is 1. The summed E-state index contributed by atoms with van der Waals surface area (Å²) in [5, 5.41) is 0.714. The summed E-state index contributed by atoms with van der Waals surface area (Å²) >= 11 is 8.46. The predicted molar refractivity (Wildman–Crippen MR) is 85.1 cm³/mol. The van der Waals surface area contributed by atoms with Crippen molar-refractivity contribution < 1.29 is 8.81 Å². The predicted octanol–water partition coefficient (Wildman–Crippen LogP) is 4.71. The van der Waals surface area contributed by atoms with Crippen molar-refractivity contribution in [1.82, 2.24) is 5.43 Å². The van der Waals surface area contributed by atoms with Gasteiger partial charge in [-0.3, -0.25) is 5.84 Å². The van der Waals surface area contributed by atoms with E-state index in [1.165, 1.54) is 17.4 Å². The quantitative estimate of drug-likeness (QED) is 0.477. The van der Waals surface area contributed by atoms with Gasteiger partial charge in [0.1, 0.15) is 11.8 Å². The molecule has 3 nitrogen and oxygen atoms in total. The summed E-state index contributed by atoms with van der Waals surface area (Å²) in [7, 11) is 0. The third kappa shape index (κ3) is 2.44. The van der Waals surface area contributed by atoms with Crippen LogP contribution in [0.15, 0.2) is 42.3 Å². The molecule has 2 heterocycles. The zero-order valence-corrected chi connectivity index (χ0v) is 14.0. The summed E-state index contributed by atoms with van der Waals surface area (Å²) in [6.45, 7) is 0. The Labute approximate surface area is 135 Å². The Morgan fingerprint density at radius 2 is 2.10 bits per heavy atom. The van der Waals surface area contributed by atoms with E-state index in [-0.39, 0.29) is 17.4 Å². The highest BCUT2D eigenvalue weighted by Crippen LogP contribution is 2.39. The number of hydrogen-bond donors (Lipinski definition) is 2. The summed E-state index contributed by atoms with van der Waals surface area (Å²) in [5.41, 5.74) is 3.89. The van der Waals surface area contributed by atoms with E-state index in [2.05, 4.69) is 37.3 Å². The SMILES string of the molecule is NNC(c1cc2cccc(F)c2o1)c1cc(Br)sc1Br. The van der Waals surface area contributed by atoms with E-state index in [9.17, 15) is 4.39 Å². The molecule has 0 amide bonds. The normalized spacial score (nSPS) is 13.0. The van der Waals surface area contributed by atoms with Crippen molar-refractivity contribution in [3.63, 3.8) is 0 Å². The Hall–Kier alpha value is -0.730. The number of halogens is 3. The van der Waals surface area contributed by atoms with E-state index >= 15 is 0 Å². The smallest absolute Gasteiger partial charge is 0.169 e. The molecule has 0 aliphatic rings. The molecule has 1 aromatic carbocycles. The summed E-state index contributed by atoms with van der Waals surface area (Å²) in [6, 6.07) is 8.22. The first-order valence-electron chi connectivity index (χ1n) is 5.69. The second kappa shape index (κ2) is 5.57. The molecule has 1 unspecified atom stereocenters. The molecule has 0 aliphatic carbocycles. The van der Waals surface area contributed by atoms with Crippen molar-refractivity contribution in [3.8, 4) is 0 Å². The van der Waals surface area contributed by atoms with Crippen LogP contribution in [-0.4, -0.2) is 0 Å². The molecule has 3 rings (SSSR count). The molecule has 20 heavy (non-hydrogen) atoms. The fraction of sp³-hybridized carbons (Fsp3) is 0.0769. The topological polar surface area (TPSA) is 51.2 Å². The van der Waals surface area contributed by atoms with Gasteiger partial charge < -0.3 is 4.42 Å². The number of benzene rings is 1. The highest BCUT2D eigenvalue weighted by atomic mass is 79.9. The number of nitrogens with two attached hydrogens (primary N) is 1. The standard InChI is InChI=1S/C13H9Br2FN2OS/c14-10-5-7(13(15)20-10)11(18-17)9-4-6-2-1-3-8(16)12(6)19-9/h1-5,11,18H,17H2. The van der Waals surface area contributed by atoms with Crippen molar-refractivity contribution >= 4 is 54.2 Å². The number of para-hydroxylation sites is 1. The van der Waals surface area contributed by atoms with Gasteiger partial charge in [-0.25, -0.2) is 9.82 Å². The van der Waals surface area contributed by atoms with E-state index in [4.69, 9.17) is 10.3 Å². The van der Waals surface area contributed by atoms with Gasteiger partial charge in [0.05, 0.1) is 7.57 Å². The van der Waals surface area contributed by atoms with Gasteiger partial charge in [0.2, 0.25) is 0 Å². The molecule has 104 valence electrons. The van der Waals surface area contributed by atoms with Crippen LogP contribution >= 0.6 is 43.2 Å². The third-order valence-corrected chi connectivity index (χ3v) is 5.35. The van der Waals surface area contributed by atoms with Gasteiger partial charge in [0.15, 0.2) is 11.4 Å². The number of thiophene rings is 1. The first kappa shape index (κ1) is 14.2. The Balaban J connectivity index is 2.12. The minimum absolute atomic E-state index is 0.244. The third-order valence-electron chi connectivity index (χ3n) is 2.96. The zero-order chi connectivity index (χ0) is 14.3. The lowest BCUT2D eigenvalue weighted by molar-refractivity contribution is 0.465. The van der Waals surface area contributed by atoms with Crippen LogP contribution in [0.25, 0.3) is 11.0 Å². The van der Waals surface area contributed by atoms with Gasteiger partial charge in [-0.1, -0.05) is 12.1 Å². The maximum Gasteiger partial charge on any atom is 0.169 e. The van der Waals surface area contributed by atoms with Gasteiger partial charge in [0.25, 0.3) is 0 Å². The monoisotopic (exact) mass is 418 g/mol. The van der Waals surface area contributed by atoms with Crippen LogP contribution < -0.4 is 11.3 Å². The maximum atomic E-state index is 13.7. The summed E-state index contributed by atoms with van der Waals surface area (Å²) in [4.78, 5) is 0. The molecule has 0 aliphatic heterocycles. The first-order valence-corrected chi connectivity index (χ1v) is 8.09. The molecule has 7 heteroatoms. The highest BCUT2D eigenvalue weighted by molar-refractivity contribution is 9.12. The van der Waals surface area contributed by atoms with Gasteiger partial charge in [0, 0.05) is 10.9 Å². The van der Waals surface area contributed by atoms with Crippen LogP contribution in [0.5, 0.6) is 0 Å². The molecular formula is C13H9Br2FN2OS. The van der Waals surface area contributed by atoms with Crippen LogP contribution in [0.3, 0.4) is 0 Å². The van der Waals surface area contributed by atoms with Crippen LogP contribution in [0.4, 0.5) is 4.39 Å². The van der Waals surface area contributed by atoms with E-state index in [1.807, 2.05) is 6.07 Å². The Morgan fingerprint density at radius 1 is 1.30 bits per heavy atom. The van der Waals surface area contributed by atoms with E-state index in [0.717, 1.165) is 13.1 Å². The number of rotatable bonds is 3. The minimum Gasteiger partial charge on any atom is -0.456 e. The molecule has 2 aromatic heterocycles. The van der Waals surface area contributed by atoms with E-state index in [0.29, 0.717) is 11.1 Å². The fourth-order valence-corrected chi connectivity index (χ4v) is 4.97. The number of furan rings is 1. The minimum atomic E-state index is -0.380. The van der Waals surface area contributed by atoms with Gasteiger partial charge in [-0.05, 0) is 50.1 Å². The molecule has 0 saturated carbocycles. The van der Waals surface area contributed by atoms with Crippen LogP contribution in [0.2, 0.25) is 0 Å². The fourth-order valence-electron chi connectivity index (χ4n) is 2.06. The molecular weight excluding hydrogens is 411 g/mol. The Kier molecular flexibility index (Phi) is 3.96. The van der Waals surface area contributed by atoms with Crippen LogP contribution in [0.1, 0.15) is 17.4 Å². The molecule has 0 fully saturated rings. The van der Waals surface area contributed by atoms with E-state index < -0.39 is 0 Å². The first-order chi connectivity index (χ1) is 9.60. The van der Waals surface area contributed by atoms with Gasteiger partial charge in [-0.2, -0.15) is 0 Å². The van der Waals surface area contributed by atoms with Crippen molar-refractivity contribution in [2.24, 2.45) is 5.84 Å². The maximum absolute atomic E-state index is 13.7. The molecule has 0 spiro atoms. The second-order valence-electron chi connectivity index (χ2n) is 4.19. The lowest BCUT2D eigenvalue weighted by atomic mass is 10.1. The number of nitrogens with one attached hydrogen (secondary N) is 1. The van der Waals surface area contributed by atoms with Gasteiger partial charge in [-0.15, -0.1) is 11.3 Å². The summed E-state index contributed by atoms with van der Waals surface area (Å²) < 4.78 is 21.2. The van der Waals surface area contributed by atoms with E-state index in [1.54, 1.807) is 18.2 Å². The Bertz CT molecular complexity index is 771. The molecule has 3 N–H and O–H groups in total. The van der Waals surface area contributed by atoms with Crippen molar-refractivity contribution in [2.75, 3.05) is 0 Å². The second-order valence-corrected chi connectivity index (χ2v) is 7.94.